The van der Waals surface area contributed by atoms with Crippen LogP contribution in [0.5, 0.6) is 0 Å². The fraction of sp³-hybridized carbons (Fsp3) is 0.818. The van der Waals surface area contributed by atoms with E-state index >= 15 is 0 Å². The molecule has 0 spiro atoms. The first-order valence-electron chi connectivity index (χ1n) is 5.69. The summed E-state index contributed by atoms with van der Waals surface area (Å²) in [6.07, 6.45) is 0.800. The molecule has 0 saturated carbocycles. The summed E-state index contributed by atoms with van der Waals surface area (Å²) in [5.74, 6) is -0.888. The van der Waals surface area contributed by atoms with Crippen molar-refractivity contribution < 1.29 is 19.4 Å². The number of amides is 1. The monoisotopic (exact) mass is 227 g/mol. The van der Waals surface area contributed by atoms with Crippen LogP contribution in [0.3, 0.4) is 0 Å². The van der Waals surface area contributed by atoms with E-state index in [1.54, 1.807) is 11.8 Å². The topological polar surface area (TPSA) is 66.8 Å². The van der Waals surface area contributed by atoms with Crippen molar-refractivity contribution in [3.8, 4) is 0 Å². The van der Waals surface area contributed by atoms with E-state index in [1.807, 2.05) is 0 Å². The van der Waals surface area contributed by atoms with Crippen molar-refractivity contribution in [3.63, 3.8) is 0 Å². The Labute approximate surface area is 94.4 Å². The van der Waals surface area contributed by atoms with Gasteiger partial charge in [0.2, 0.25) is 5.91 Å². The van der Waals surface area contributed by atoms with E-state index in [0.29, 0.717) is 26.3 Å². The lowest BCUT2D eigenvalue weighted by Crippen LogP contribution is -2.55. The standard InChI is InChI=1S/C11H17NO4/c1-7(11(14)15)9-4-12(5-9)10(13)8-2-3-16-6-8/h7-9H,2-6H2,1H3,(H,14,15). The predicted molar refractivity (Wildman–Crippen MR) is 55.8 cm³/mol. The molecule has 2 fully saturated rings. The molecule has 0 aliphatic carbocycles. The molecule has 1 N–H and O–H groups in total. The third-order valence-corrected chi connectivity index (χ3v) is 3.60. The second-order valence-corrected chi connectivity index (χ2v) is 4.69. The van der Waals surface area contributed by atoms with Crippen LogP contribution in [-0.4, -0.2) is 48.2 Å². The Morgan fingerprint density at radius 3 is 2.62 bits per heavy atom. The summed E-state index contributed by atoms with van der Waals surface area (Å²) in [6.45, 7) is 4.06. The molecule has 2 aliphatic rings. The minimum atomic E-state index is -0.777. The van der Waals surface area contributed by atoms with Gasteiger partial charge in [-0.25, -0.2) is 0 Å². The molecule has 2 atom stereocenters. The number of carboxylic acids is 1. The Bertz CT molecular complexity index is 292. The van der Waals surface area contributed by atoms with Crippen LogP contribution in [0, 0.1) is 17.8 Å². The van der Waals surface area contributed by atoms with E-state index in [4.69, 9.17) is 9.84 Å². The maximum absolute atomic E-state index is 11.9. The van der Waals surface area contributed by atoms with Crippen LogP contribution in [0.1, 0.15) is 13.3 Å². The lowest BCUT2D eigenvalue weighted by atomic mass is 9.86. The van der Waals surface area contributed by atoms with E-state index in [0.717, 1.165) is 6.42 Å². The number of nitrogens with zero attached hydrogens (tertiary/aromatic N) is 1. The number of carbonyl (C=O) groups excluding carboxylic acids is 1. The Morgan fingerprint density at radius 2 is 2.12 bits per heavy atom. The van der Waals surface area contributed by atoms with Gasteiger partial charge >= 0.3 is 5.97 Å². The molecular weight excluding hydrogens is 210 g/mol. The van der Waals surface area contributed by atoms with E-state index in [1.165, 1.54) is 0 Å². The maximum atomic E-state index is 11.9. The summed E-state index contributed by atoms with van der Waals surface area (Å²) in [5.41, 5.74) is 0. The van der Waals surface area contributed by atoms with Crippen molar-refractivity contribution in [1.82, 2.24) is 4.90 Å². The van der Waals surface area contributed by atoms with Gasteiger partial charge in [-0.3, -0.25) is 9.59 Å². The number of carboxylic acid groups (broad SMARTS) is 1. The zero-order valence-electron chi connectivity index (χ0n) is 9.39. The number of hydrogen-bond acceptors (Lipinski definition) is 3. The highest BCUT2D eigenvalue weighted by atomic mass is 16.5. The van der Waals surface area contributed by atoms with Crippen LogP contribution in [0.4, 0.5) is 0 Å². The highest BCUT2D eigenvalue weighted by molar-refractivity contribution is 5.80. The summed E-state index contributed by atoms with van der Waals surface area (Å²) in [5, 5.41) is 8.83. The minimum absolute atomic E-state index is 0.00100. The highest BCUT2D eigenvalue weighted by Crippen LogP contribution is 2.27. The Morgan fingerprint density at radius 1 is 1.44 bits per heavy atom. The van der Waals surface area contributed by atoms with Crippen molar-refractivity contribution >= 4 is 11.9 Å². The number of aliphatic carboxylic acids is 1. The molecule has 2 rings (SSSR count). The summed E-state index contributed by atoms with van der Waals surface area (Å²) in [4.78, 5) is 24.4. The van der Waals surface area contributed by atoms with Crippen molar-refractivity contribution in [3.05, 3.63) is 0 Å². The molecule has 2 aliphatic heterocycles. The van der Waals surface area contributed by atoms with Gasteiger partial charge in [0.05, 0.1) is 18.4 Å². The molecule has 0 aromatic carbocycles. The normalized spacial score (nSPS) is 27.6. The third-order valence-electron chi connectivity index (χ3n) is 3.60. The molecule has 5 heteroatoms. The van der Waals surface area contributed by atoms with E-state index in [-0.39, 0.29) is 23.7 Å². The SMILES string of the molecule is CC(C(=O)O)C1CN(C(=O)C2CCOC2)C1. The van der Waals surface area contributed by atoms with Gasteiger partial charge < -0.3 is 14.7 Å². The number of ether oxygens (including phenoxy) is 1. The number of carbonyl (C=O) groups is 2. The van der Waals surface area contributed by atoms with Crippen molar-refractivity contribution in [2.45, 2.75) is 13.3 Å². The lowest BCUT2D eigenvalue weighted by Gasteiger charge is -2.42. The van der Waals surface area contributed by atoms with Crippen molar-refractivity contribution in [1.29, 1.82) is 0 Å². The van der Waals surface area contributed by atoms with Gasteiger partial charge in [0.1, 0.15) is 0 Å². The van der Waals surface area contributed by atoms with Crippen LogP contribution in [0.2, 0.25) is 0 Å². The van der Waals surface area contributed by atoms with E-state index in [2.05, 4.69) is 0 Å². The fourth-order valence-electron chi connectivity index (χ4n) is 2.20. The van der Waals surface area contributed by atoms with Gasteiger partial charge in [-0.1, -0.05) is 6.92 Å². The van der Waals surface area contributed by atoms with Crippen LogP contribution < -0.4 is 0 Å². The molecule has 16 heavy (non-hydrogen) atoms. The van der Waals surface area contributed by atoms with Crippen molar-refractivity contribution in [2.75, 3.05) is 26.3 Å². The average molecular weight is 227 g/mol. The van der Waals surface area contributed by atoms with E-state index in [9.17, 15) is 9.59 Å². The van der Waals surface area contributed by atoms with Gasteiger partial charge in [-0.2, -0.15) is 0 Å². The van der Waals surface area contributed by atoms with Gasteiger partial charge in [-0.05, 0) is 6.42 Å². The number of hydrogen-bond donors (Lipinski definition) is 1. The molecule has 90 valence electrons. The summed E-state index contributed by atoms with van der Waals surface area (Å²) in [7, 11) is 0. The molecule has 2 unspecified atom stereocenters. The molecule has 0 bridgehead atoms. The van der Waals surface area contributed by atoms with Crippen LogP contribution in [-0.2, 0) is 14.3 Å². The third kappa shape index (κ3) is 2.04. The smallest absolute Gasteiger partial charge is 0.306 e. The van der Waals surface area contributed by atoms with Crippen molar-refractivity contribution in [2.24, 2.45) is 17.8 Å². The number of rotatable bonds is 3. The molecule has 0 aromatic heterocycles. The van der Waals surface area contributed by atoms with Gasteiger partial charge in [0.15, 0.2) is 0 Å². The predicted octanol–water partition coefficient (Wildman–Crippen LogP) is 0.202. The zero-order chi connectivity index (χ0) is 11.7. The molecule has 2 heterocycles. The molecular formula is C11H17NO4. The van der Waals surface area contributed by atoms with Crippen LogP contribution >= 0.6 is 0 Å². The molecule has 2 saturated heterocycles. The fourth-order valence-corrected chi connectivity index (χ4v) is 2.20. The molecule has 0 radical (unpaired) electrons. The van der Waals surface area contributed by atoms with Gasteiger partial charge in [0.25, 0.3) is 0 Å². The maximum Gasteiger partial charge on any atom is 0.306 e. The quantitative estimate of drug-likeness (QED) is 0.748. The lowest BCUT2D eigenvalue weighted by molar-refractivity contribution is -0.152. The number of likely N-dealkylation sites (tertiary alicyclic amines) is 1. The first kappa shape index (κ1) is 11.4. The Hall–Kier alpha value is -1.10. The van der Waals surface area contributed by atoms with Crippen LogP contribution in [0.25, 0.3) is 0 Å². The van der Waals surface area contributed by atoms with E-state index < -0.39 is 5.97 Å². The second-order valence-electron chi connectivity index (χ2n) is 4.69. The highest BCUT2D eigenvalue weighted by Gasteiger charge is 2.39. The van der Waals surface area contributed by atoms with Gasteiger partial charge in [-0.15, -0.1) is 0 Å². The Kier molecular flexibility index (Phi) is 3.14. The summed E-state index contributed by atoms with van der Waals surface area (Å²) < 4.78 is 5.17. The Balaban J connectivity index is 1.79. The van der Waals surface area contributed by atoms with Gasteiger partial charge in [0, 0.05) is 25.6 Å². The van der Waals surface area contributed by atoms with Crippen LogP contribution in [0.15, 0.2) is 0 Å². The first-order valence-corrected chi connectivity index (χ1v) is 5.69. The summed E-state index contributed by atoms with van der Waals surface area (Å²) >= 11 is 0. The first-order chi connectivity index (χ1) is 7.59. The largest absolute Gasteiger partial charge is 0.481 e. The second kappa shape index (κ2) is 4.41. The molecule has 1 amide bonds. The average Bonchev–Trinajstić information content (AvgIpc) is 2.67. The molecule has 5 nitrogen and oxygen atoms in total. The molecule has 0 aromatic rings. The zero-order valence-corrected chi connectivity index (χ0v) is 9.39. The summed E-state index contributed by atoms with van der Waals surface area (Å²) in [6, 6.07) is 0. The minimum Gasteiger partial charge on any atom is -0.481 e.